The van der Waals surface area contributed by atoms with Gasteiger partial charge < -0.3 is 4.74 Å². The number of halogens is 1. The van der Waals surface area contributed by atoms with Crippen molar-refractivity contribution in [2.24, 2.45) is 0 Å². The minimum absolute atomic E-state index is 0.0944. The highest BCUT2D eigenvalue weighted by Crippen LogP contribution is 2.28. The van der Waals surface area contributed by atoms with Crippen LogP contribution in [0, 0.1) is 5.82 Å². The molecule has 0 atom stereocenters. The summed E-state index contributed by atoms with van der Waals surface area (Å²) in [6, 6.07) is 23.0. The topological polar surface area (TPSA) is 91.4 Å². The molecule has 0 amide bonds. The first-order valence-corrected chi connectivity index (χ1v) is 12.9. The SMILES string of the molecule is CCOc1ccc(-c2nn(-c3ccccc3)cc2/C=c2\sc3nc(=O)c(-c4ccccc4)nn3c2=O)cc1F. The van der Waals surface area contributed by atoms with Gasteiger partial charge in [0.2, 0.25) is 4.96 Å². The molecule has 0 aliphatic carbocycles. The molecule has 0 spiro atoms. The maximum absolute atomic E-state index is 14.8. The molecular formula is C29H20FN5O3S. The molecule has 0 saturated carbocycles. The predicted octanol–water partition coefficient (Wildman–Crippen LogP) is 4.12. The summed E-state index contributed by atoms with van der Waals surface area (Å²) in [5.41, 5.74) is 2.09. The summed E-state index contributed by atoms with van der Waals surface area (Å²) in [6.45, 7) is 2.13. The van der Waals surface area contributed by atoms with Gasteiger partial charge in [-0.3, -0.25) is 9.59 Å². The average Bonchev–Trinajstić information content (AvgIpc) is 3.51. The van der Waals surface area contributed by atoms with E-state index >= 15 is 0 Å². The normalized spacial score (nSPS) is 11.8. The second-order valence-electron chi connectivity index (χ2n) is 8.53. The lowest BCUT2D eigenvalue weighted by molar-refractivity contribution is 0.321. The van der Waals surface area contributed by atoms with Gasteiger partial charge in [-0.1, -0.05) is 59.9 Å². The zero-order valence-electron chi connectivity index (χ0n) is 20.6. The van der Waals surface area contributed by atoms with Crippen molar-refractivity contribution in [2.45, 2.75) is 6.92 Å². The molecule has 39 heavy (non-hydrogen) atoms. The number of benzene rings is 3. The summed E-state index contributed by atoms with van der Waals surface area (Å²) < 4.78 is 23.2. The van der Waals surface area contributed by atoms with Crippen LogP contribution in [-0.4, -0.2) is 31.0 Å². The van der Waals surface area contributed by atoms with E-state index in [1.165, 1.54) is 6.07 Å². The van der Waals surface area contributed by atoms with Gasteiger partial charge in [-0.05, 0) is 43.3 Å². The van der Waals surface area contributed by atoms with E-state index in [1.807, 2.05) is 36.4 Å². The highest BCUT2D eigenvalue weighted by molar-refractivity contribution is 7.15. The standard InChI is InChI=1S/C29H20FN5O3S/c1-2-38-23-14-13-19(15-22(23)30)25-20(17-34(32-25)21-11-7-4-8-12-21)16-24-28(37)35-29(39-24)31-27(36)26(33-35)18-9-5-3-6-10-18/h3-17H,2H2,1H3/b24-16-. The molecule has 0 unspecified atom stereocenters. The van der Waals surface area contributed by atoms with Gasteiger partial charge in [0, 0.05) is 22.9 Å². The molecule has 10 heteroatoms. The Morgan fingerprint density at radius 1 is 0.923 bits per heavy atom. The van der Waals surface area contributed by atoms with Gasteiger partial charge in [0.1, 0.15) is 5.69 Å². The molecule has 8 nitrogen and oxygen atoms in total. The van der Waals surface area contributed by atoms with Gasteiger partial charge in [-0.25, -0.2) is 9.07 Å². The molecule has 192 valence electrons. The van der Waals surface area contributed by atoms with Crippen molar-refractivity contribution in [3.05, 3.63) is 122 Å². The Kier molecular flexibility index (Phi) is 6.29. The van der Waals surface area contributed by atoms with Crippen LogP contribution >= 0.6 is 11.3 Å². The van der Waals surface area contributed by atoms with Crippen LogP contribution in [-0.2, 0) is 0 Å². The Morgan fingerprint density at radius 3 is 2.38 bits per heavy atom. The van der Waals surface area contributed by atoms with E-state index in [1.54, 1.807) is 60.3 Å². The Morgan fingerprint density at radius 2 is 1.67 bits per heavy atom. The number of hydrogen-bond acceptors (Lipinski definition) is 7. The van der Waals surface area contributed by atoms with Crippen LogP contribution in [0.4, 0.5) is 4.39 Å². The maximum Gasteiger partial charge on any atom is 0.300 e. The Balaban J connectivity index is 1.53. The molecule has 3 heterocycles. The first-order valence-electron chi connectivity index (χ1n) is 12.1. The fourth-order valence-corrected chi connectivity index (χ4v) is 5.07. The zero-order chi connectivity index (χ0) is 26.9. The Hall–Kier alpha value is -4.96. The third kappa shape index (κ3) is 4.62. The fourth-order valence-electron chi connectivity index (χ4n) is 4.18. The fraction of sp³-hybridized carbons (Fsp3) is 0.0690. The summed E-state index contributed by atoms with van der Waals surface area (Å²) in [4.78, 5) is 30.3. The highest BCUT2D eigenvalue weighted by Gasteiger charge is 2.16. The smallest absolute Gasteiger partial charge is 0.300 e. The summed E-state index contributed by atoms with van der Waals surface area (Å²) in [5, 5.41) is 9.02. The molecule has 0 aliphatic heterocycles. The van der Waals surface area contributed by atoms with Gasteiger partial charge in [0.25, 0.3) is 5.56 Å². The van der Waals surface area contributed by atoms with Crippen LogP contribution in [0.2, 0.25) is 0 Å². The van der Waals surface area contributed by atoms with Crippen LogP contribution in [0.1, 0.15) is 12.5 Å². The Bertz CT molecular complexity index is 1990. The number of nitrogens with zero attached hydrogens (tertiary/aromatic N) is 5. The number of ether oxygens (including phenoxy) is 1. The Labute approximate surface area is 224 Å². The summed E-state index contributed by atoms with van der Waals surface area (Å²) >= 11 is 1.05. The molecule has 6 rings (SSSR count). The van der Waals surface area contributed by atoms with E-state index in [2.05, 4.69) is 10.1 Å². The van der Waals surface area contributed by atoms with Crippen molar-refractivity contribution < 1.29 is 9.13 Å². The third-order valence-corrected chi connectivity index (χ3v) is 6.95. The molecule has 0 bridgehead atoms. The van der Waals surface area contributed by atoms with E-state index in [9.17, 15) is 14.0 Å². The van der Waals surface area contributed by atoms with E-state index < -0.39 is 16.9 Å². The van der Waals surface area contributed by atoms with E-state index in [0.29, 0.717) is 33.5 Å². The molecule has 6 aromatic rings. The summed E-state index contributed by atoms with van der Waals surface area (Å²) in [7, 11) is 0. The van der Waals surface area contributed by atoms with Crippen molar-refractivity contribution >= 4 is 22.4 Å². The number of thiazole rings is 1. The quantitative estimate of drug-likeness (QED) is 0.318. The van der Waals surface area contributed by atoms with Crippen molar-refractivity contribution in [3.8, 4) is 34.0 Å². The van der Waals surface area contributed by atoms with Gasteiger partial charge in [-0.15, -0.1) is 0 Å². The van der Waals surface area contributed by atoms with Gasteiger partial charge in [0.15, 0.2) is 17.3 Å². The highest BCUT2D eigenvalue weighted by atomic mass is 32.1. The van der Waals surface area contributed by atoms with E-state index in [0.717, 1.165) is 21.5 Å². The van der Waals surface area contributed by atoms with Crippen LogP contribution in [0.3, 0.4) is 0 Å². The molecule has 0 saturated heterocycles. The van der Waals surface area contributed by atoms with Gasteiger partial charge in [-0.2, -0.15) is 19.7 Å². The lowest BCUT2D eigenvalue weighted by Gasteiger charge is -2.06. The van der Waals surface area contributed by atoms with Crippen molar-refractivity contribution in [1.82, 2.24) is 24.4 Å². The molecular weight excluding hydrogens is 517 g/mol. The number of aromatic nitrogens is 5. The minimum Gasteiger partial charge on any atom is -0.491 e. The molecule has 0 radical (unpaired) electrons. The molecule has 0 N–H and O–H groups in total. The van der Waals surface area contributed by atoms with Crippen LogP contribution in [0.25, 0.3) is 39.2 Å². The third-order valence-electron chi connectivity index (χ3n) is 5.99. The summed E-state index contributed by atoms with van der Waals surface area (Å²) in [6.07, 6.45) is 3.43. The van der Waals surface area contributed by atoms with Crippen molar-refractivity contribution in [2.75, 3.05) is 6.61 Å². The van der Waals surface area contributed by atoms with Crippen LogP contribution in [0.15, 0.2) is 94.6 Å². The van der Waals surface area contributed by atoms with E-state index in [-0.39, 0.29) is 16.4 Å². The molecule has 0 fully saturated rings. The van der Waals surface area contributed by atoms with Gasteiger partial charge in [0.05, 0.1) is 16.8 Å². The van der Waals surface area contributed by atoms with Crippen LogP contribution < -0.4 is 20.4 Å². The minimum atomic E-state index is -0.517. The first-order chi connectivity index (χ1) is 19.0. The second-order valence-corrected chi connectivity index (χ2v) is 9.54. The van der Waals surface area contributed by atoms with Crippen molar-refractivity contribution in [3.63, 3.8) is 0 Å². The van der Waals surface area contributed by atoms with Crippen LogP contribution in [0.5, 0.6) is 5.75 Å². The molecule has 3 aromatic heterocycles. The largest absolute Gasteiger partial charge is 0.491 e. The monoisotopic (exact) mass is 537 g/mol. The molecule has 3 aromatic carbocycles. The van der Waals surface area contributed by atoms with Crippen molar-refractivity contribution in [1.29, 1.82) is 0 Å². The number of fused-ring (bicyclic) bond motifs is 1. The number of para-hydroxylation sites is 1. The predicted molar refractivity (Wildman–Crippen MR) is 148 cm³/mol. The van der Waals surface area contributed by atoms with E-state index in [4.69, 9.17) is 9.84 Å². The summed E-state index contributed by atoms with van der Waals surface area (Å²) in [5.74, 6) is -0.363. The lowest BCUT2D eigenvalue weighted by atomic mass is 10.1. The first kappa shape index (κ1) is 24.4. The number of hydrogen-bond donors (Lipinski definition) is 0. The number of rotatable bonds is 6. The second kappa shape index (κ2) is 10.1. The maximum atomic E-state index is 14.8. The molecule has 0 aliphatic rings. The zero-order valence-corrected chi connectivity index (χ0v) is 21.4. The van der Waals surface area contributed by atoms with Gasteiger partial charge >= 0.3 is 5.56 Å². The lowest BCUT2D eigenvalue weighted by Crippen LogP contribution is -2.26. The average molecular weight is 538 g/mol.